The van der Waals surface area contributed by atoms with Gasteiger partial charge >= 0.3 is 0 Å². The molecule has 0 saturated carbocycles. The molecule has 0 aliphatic heterocycles. The summed E-state index contributed by atoms with van der Waals surface area (Å²) in [7, 11) is 0. The number of aromatic nitrogens is 5. The van der Waals surface area contributed by atoms with E-state index in [4.69, 9.17) is 15.0 Å². The summed E-state index contributed by atoms with van der Waals surface area (Å²) < 4.78 is 0. The molecule has 0 saturated heterocycles. The van der Waals surface area contributed by atoms with Crippen molar-refractivity contribution in [1.29, 1.82) is 0 Å². The van der Waals surface area contributed by atoms with Gasteiger partial charge in [0.2, 0.25) is 0 Å². The Morgan fingerprint density at radius 1 is 0.320 bits per heavy atom. The summed E-state index contributed by atoms with van der Waals surface area (Å²) in [5.74, 6) is 0. The minimum Gasteiger partial charge on any atom is -0.256 e. The van der Waals surface area contributed by atoms with Crippen molar-refractivity contribution in [3.63, 3.8) is 0 Å². The van der Waals surface area contributed by atoms with E-state index in [-0.39, 0.29) is 0 Å². The number of nitrogens with zero attached hydrogens (tertiary/aromatic N) is 5. The topological polar surface area (TPSA) is 64.5 Å². The molecule has 5 nitrogen and oxygen atoms in total. The molecule has 0 unspecified atom stereocenters. The molecule has 5 heteroatoms. The van der Waals surface area contributed by atoms with Crippen LogP contribution in [0, 0.1) is 0 Å². The molecule has 5 heterocycles. The van der Waals surface area contributed by atoms with Gasteiger partial charge in [0.1, 0.15) is 0 Å². The van der Waals surface area contributed by atoms with Gasteiger partial charge in [-0.15, -0.1) is 0 Å². The van der Waals surface area contributed by atoms with Gasteiger partial charge in [0.25, 0.3) is 0 Å². The lowest BCUT2D eigenvalue weighted by molar-refractivity contribution is 1.22. The van der Waals surface area contributed by atoms with Crippen LogP contribution in [-0.2, 0) is 0 Å². The van der Waals surface area contributed by atoms with Crippen molar-refractivity contribution in [3.05, 3.63) is 176 Å². The first-order chi connectivity index (χ1) is 24.8. The Morgan fingerprint density at radius 2 is 0.880 bits per heavy atom. The number of benzene rings is 4. The van der Waals surface area contributed by atoms with E-state index in [2.05, 4.69) is 113 Å². The molecule has 0 aliphatic carbocycles. The molecule has 9 aromatic rings. The van der Waals surface area contributed by atoms with Gasteiger partial charge in [-0.3, -0.25) is 15.0 Å². The fraction of sp³-hybridized carbons (Fsp3) is 0. The zero-order valence-electron chi connectivity index (χ0n) is 27.0. The van der Waals surface area contributed by atoms with Gasteiger partial charge in [-0.05, 0) is 65.2 Å². The molecule has 4 aromatic carbocycles. The fourth-order valence-corrected chi connectivity index (χ4v) is 6.69. The molecular weight excluding hydrogens is 611 g/mol. The third-order valence-corrected chi connectivity index (χ3v) is 9.05. The first kappa shape index (κ1) is 29.3. The molecule has 50 heavy (non-hydrogen) atoms. The van der Waals surface area contributed by atoms with E-state index in [1.54, 1.807) is 12.4 Å². The van der Waals surface area contributed by atoms with Crippen LogP contribution in [-0.4, -0.2) is 24.9 Å². The van der Waals surface area contributed by atoms with Gasteiger partial charge in [0.05, 0.1) is 39.7 Å². The van der Waals surface area contributed by atoms with E-state index in [0.29, 0.717) is 0 Å². The van der Waals surface area contributed by atoms with Gasteiger partial charge in [0, 0.05) is 51.4 Å². The van der Waals surface area contributed by atoms with Crippen molar-refractivity contribution in [3.8, 4) is 67.5 Å². The molecule has 9 rings (SSSR count). The average Bonchev–Trinajstić information content (AvgIpc) is 3.21. The summed E-state index contributed by atoms with van der Waals surface area (Å²) in [4.78, 5) is 24.3. The zero-order chi connectivity index (χ0) is 33.3. The number of pyridine rings is 5. The largest absolute Gasteiger partial charge is 0.256 e. The minimum atomic E-state index is 0.801. The molecule has 0 fully saturated rings. The van der Waals surface area contributed by atoms with Crippen LogP contribution in [0.15, 0.2) is 176 Å². The maximum absolute atomic E-state index is 5.41. The lowest BCUT2D eigenvalue weighted by atomic mass is 9.92. The molecule has 0 amide bonds. The highest BCUT2D eigenvalue weighted by atomic mass is 14.8. The van der Waals surface area contributed by atoms with E-state index in [1.807, 2.05) is 60.8 Å². The summed E-state index contributed by atoms with van der Waals surface area (Å²) in [6.45, 7) is 0. The van der Waals surface area contributed by atoms with Crippen LogP contribution in [0.25, 0.3) is 89.2 Å². The number of para-hydroxylation sites is 1. The number of hydrogen-bond acceptors (Lipinski definition) is 5. The maximum Gasteiger partial charge on any atom is 0.0900 e. The van der Waals surface area contributed by atoms with Crippen molar-refractivity contribution in [2.24, 2.45) is 0 Å². The molecule has 234 valence electrons. The smallest absolute Gasteiger partial charge is 0.0900 e. The van der Waals surface area contributed by atoms with E-state index in [9.17, 15) is 0 Å². The summed E-state index contributed by atoms with van der Waals surface area (Å²) in [5.41, 5.74) is 12.5. The van der Waals surface area contributed by atoms with E-state index in [0.717, 1.165) is 89.2 Å². The Bertz CT molecular complexity index is 2550. The third kappa shape index (κ3) is 5.37. The highest BCUT2D eigenvalue weighted by Crippen LogP contribution is 2.41. The average molecular weight is 640 g/mol. The summed E-state index contributed by atoms with van der Waals surface area (Å²) >= 11 is 0. The van der Waals surface area contributed by atoms with Gasteiger partial charge in [-0.25, -0.2) is 9.97 Å². The van der Waals surface area contributed by atoms with Crippen molar-refractivity contribution in [2.45, 2.75) is 0 Å². The highest BCUT2D eigenvalue weighted by molar-refractivity contribution is 6.19. The second kappa shape index (κ2) is 12.6. The van der Waals surface area contributed by atoms with Gasteiger partial charge in [-0.1, -0.05) is 109 Å². The van der Waals surface area contributed by atoms with Crippen LogP contribution in [0.4, 0.5) is 0 Å². The van der Waals surface area contributed by atoms with E-state index >= 15 is 0 Å². The molecular formula is C45H29N5. The number of rotatable bonds is 6. The van der Waals surface area contributed by atoms with Crippen LogP contribution in [0.5, 0.6) is 0 Å². The van der Waals surface area contributed by atoms with Crippen LogP contribution >= 0.6 is 0 Å². The van der Waals surface area contributed by atoms with E-state index < -0.39 is 0 Å². The summed E-state index contributed by atoms with van der Waals surface area (Å²) in [5, 5.41) is 3.34. The molecule has 0 radical (unpaired) electrons. The highest BCUT2D eigenvalue weighted by Gasteiger charge is 2.18. The summed E-state index contributed by atoms with van der Waals surface area (Å²) in [6, 6.07) is 54.1. The second-order valence-electron chi connectivity index (χ2n) is 12.1. The Morgan fingerprint density at radius 3 is 1.50 bits per heavy atom. The van der Waals surface area contributed by atoms with Crippen molar-refractivity contribution < 1.29 is 0 Å². The van der Waals surface area contributed by atoms with Crippen LogP contribution in [0.3, 0.4) is 0 Å². The number of hydrogen-bond donors (Lipinski definition) is 0. The van der Waals surface area contributed by atoms with Crippen LogP contribution in [0.2, 0.25) is 0 Å². The second-order valence-corrected chi connectivity index (χ2v) is 12.1. The van der Waals surface area contributed by atoms with Crippen molar-refractivity contribution in [2.75, 3.05) is 0 Å². The minimum absolute atomic E-state index is 0.801. The first-order valence-electron chi connectivity index (χ1n) is 16.6. The quantitative estimate of drug-likeness (QED) is 0.169. The Labute approximate surface area is 289 Å². The Kier molecular flexibility index (Phi) is 7.41. The van der Waals surface area contributed by atoms with Crippen LogP contribution < -0.4 is 0 Å². The third-order valence-electron chi connectivity index (χ3n) is 9.05. The van der Waals surface area contributed by atoms with Crippen molar-refractivity contribution in [1.82, 2.24) is 24.9 Å². The van der Waals surface area contributed by atoms with Gasteiger partial charge in [-0.2, -0.15) is 0 Å². The molecule has 5 aromatic heterocycles. The molecule has 0 spiro atoms. The van der Waals surface area contributed by atoms with Crippen molar-refractivity contribution >= 4 is 21.7 Å². The molecule has 0 aliphatic rings. The Balaban J connectivity index is 1.21. The van der Waals surface area contributed by atoms with Crippen LogP contribution in [0.1, 0.15) is 0 Å². The number of fused-ring (bicyclic) bond motifs is 3. The summed E-state index contributed by atoms with van der Waals surface area (Å²) in [6.07, 6.45) is 5.44. The van der Waals surface area contributed by atoms with E-state index in [1.165, 1.54) is 0 Å². The zero-order valence-corrected chi connectivity index (χ0v) is 27.0. The monoisotopic (exact) mass is 639 g/mol. The maximum atomic E-state index is 5.41. The predicted molar refractivity (Wildman–Crippen MR) is 203 cm³/mol. The lowest BCUT2D eigenvalue weighted by Gasteiger charge is -2.16. The lowest BCUT2D eigenvalue weighted by Crippen LogP contribution is -1.95. The SMILES string of the molecule is c1ccc(-c2nc3c(-c4ccc(-c5cc(-c6ccccn6)nc(-c6ccccn6)c5)cc4)cccc3c3c(-c4ccccn4)cccc23)cc1. The molecule has 0 bridgehead atoms. The molecule has 0 atom stereocenters. The normalized spacial score (nSPS) is 11.2. The Hall–Kier alpha value is -6.85. The van der Waals surface area contributed by atoms with Gasteiger partial charge < -0.3 is 0 Å². The standard InChI is InChI=1S/C45H29N5/c1-2-12-32(13-3-1)44-36-16-11-15-35(38-18-4-7-25-46-38)43(36)37-17-10-14-34(45(37)50-44)31-23-21-30(22-24-31)33-28-41(39-19-5-8-26-47-39)49-42(29-33)40-20-6-9-27-48-40/h1-29H. The van der Waals surface area contributed by atoms with Gasteiger partial charge in [0.15, 0.2) is 0 Å². The first-order valence-corrected chi connectivity index (χ1v) is 16.6. The molecule has 0 N–H and O–H groups in total. The predicted octanol–water partition coefficient (Wildman–Crippen LogP) is 11.0. The fourth-order valence-electron chi connectivity index (χ4n) is 6.69.